The van der Waals surface area contributed by atoms with E-state index in [1.54, 1.807) is 0 Å². The van der Waals surface area contributed by atoms with Crippen LogP contribution in [0.2, 0.25) is 0 Å². The van der Waals surface area contributed by atoms with Crippen molar-refractivity contribution in [2.24, 2.45) is 0 Å². The van der Waals surface area contributed by atoms with Crippen LogP contribution in [0.3, 0.4) is 0 Å². The maximum atomic E-state index is 2.32. The highest BCUT2D eigenvalue weighted by molar-refractivity contribution is 5.79. The Kier molecular flexibility index (Phi) is 7.31. The van der Waals surface area contributed by atoms with Gasteiger partial charge < -0.3 is 0 Å². The molecule has 0 saturated heterocycles. The monoisotopic (exact) mass is 344 g/mol. The minimum Gasteiger partial charge on any atom is -0.0654 e. The molecule has 0 heterocycles. The molecule has 1 aromatic carbocycles. The van der Waals surface area contributed by atoms with Gasteiger partial charge in [-0.15, -0.1) is 0 Å². The molecule has 26 heavy (non-hydrogen) atoms. The van der Waals surface area contributed by atoms with Gasteiger partial charge in [0.05, 0.1) is 0 Å². The van der Waals surface area contributed by atoms with Crippen molar-refractivity contribution in [3.05, 3.63) is 72.3 Å². The van der Waals surface area contributed by atoms with E-state index in [0.717, 1.165) is 0 Å². The first kappa shape index (κ1) is 18.7. The second-order valence-corrected chi connectivity index (χ2v) is 7.49. The number of unbranched alkanes of at least 4 members (excludes halogenated alkanes) is 7. The number of hydrogen-bond acceptors (Lipinski definition) is 0. The summed E-state index contributed by atoms with van der Waals surface area (Å²) in [5.41, 5.74) is 6.76. The van der Waals surface area contributed by atoms with E-state index in [2.05, 4.69) is 73.7 Å². The Morgan fingerprint density at radius 1 is 0.500 bits per heavy atom. The Labute approximate surface area is 159 Å². The zero-order chi connectivity index (χ0) is 18.0. The molecule has 0 aromatic heterocycles. The molecule has 0 saturated carbocycles. The summed E-state index contributed by atoms with van der Waals surface area (Å²) in [7, 11) is 0. The molecule has 0 unspecified atom stereocenters. The number of benzene rings is 1. The minimum atomic E-state index is 1.21. The van der Waals surface area contributed by atoms with Gasteiger partial charge in [-0.05, 0) is 52.8 Å². The topological polar surface area (TPSA) is 0 Å². The van der Waals surface area contributed by atoms with Gasteiger partial charge in [-0.25, -0.2) is 0 Å². The summed E-state index contributed by atoms with van der Waals surface area (Å²) in [6, 6.07) is 24.5. The summed E-state index contributed by atoms with van der Waals surface area (Å²) in [5.74, 6) is 0. The van der Waals surface area contributed by atoms with Gasteiger partial charge in [-0.3, -0.25) is 0 Å². The van der Waals surface area contributed by atoms with Gasteiger partial charge in [-0.1, -0.05) is 106 Å². The highest BCUT2D eigenvalue weighted by Crippen LogP contribution is 2.32. The predicted molar refractivity (Wildman–Crippen MR) is 115 cm³/mol. The van der Waals surface area contributed by atoms with Crippen molar-refractivity contribution in [1.29, 1.82) is 0 Å². The van der Waals surface area contributed by atoms with Crippen LogP contribution in [0, 0.1) is 0 Å². The Hall–Kier alpha value is -2.08. The summed E-state index contributed by atoms with van der Waals surface area (Å²) >= 11 is 0. The normalized spacial score (nSPS) is 11.1. The van der Waals surface area contributed by atoms with E-state index in [1.165, 1.54) is 85.6 Å². The second-order valence-electron chi connectivity index (χ2n) is 7.49. The van der Waals surface area contributed by atoms with Crippen LogP contribution in [0.25, 0.3) is 22.3 Å². The lowest BCUT2D eigenvalue weighted by atomic mass is 10.0. The molecule has 3 rings (SSSR count). The molecule has 136 valence electrons. The molecule has 0 radical (unpaired) electrons. The summed E-state index contributed by atoms with van der Waals surface area (Å²) < 4.78 is 0. The van der Waals surface area contributed by atoms with Crippen LogP contribution in [0.15, 0.2) is 66.7 Å². The average Bonchev–Trinajstić information content (AvgIpc) is 3.00. The molecule has 1 aromatic rings. The van der Waals surface area contributed by atoms with Crippen molar-refractivity contribution in [2.75, 3.05) is 0 Å². The molecule has 0 heteroatoms. The van der Waals surface area contributed by atoms with E-state index in [0.29, 0.717) is 0 Å². The Balaban J connectivity index is 1.51. The van der Waals surface area contributed by atoms with E-state index in [-0.39, 0.29) is 0 Å². The third-order valence-electron chi connectivity index (χ3n) is 5.34. The first-order valence-electron chi connectivity index (χ1n) is 10.4. The molecule has 0 bridgehead atoms. The van der Waals surface area contributed by atoms with Gasteiger partial charge in [0.1, 0.15) is 0 Å². The second kappa shape index (κ2) is 10.2. The van der Waals surface area contributed by atoms with Gasteiger partial charge >= 0.3 is 0 Å². The highest BCUT2D eigenvalue weighted by atomic mass is 14.1. The number of hydrogen-bond donors (Lipinski definition) is 0. The van der Waals surface area contributed by atoms with Crippen LogP contribution >= 0.6 is 0 Å². The fourth-order valence-electron chi connectivity index (χ4n) is 3.71. The molecule has 0 fully saturated rings. The standard InChI is InChI=1S/C26H32/c1-2-3-4-5-6-7-8-10-13-22-16-18-24-20-26(21-25(24)19-17-22)23-14-11-9-12-15-23/h9,11-12,14-21H,2-8,10,13H2,1H3. The van der Waals surface area contributed by atoms with Crippen molar-refractivity contribution >= 4 is 0 Å². The highest BCUT2D eigenvalue weighted by Gasteiger charge is 2.07. The summed E-state index contributed by atoms with van der Waals surface area (Å²) in [5, 5.41) is 0. The first-order valence-corrected chi connectivity index (χ1v) is 10.4. The fourth-order valence-corrected chi connectivity index (χ4v) is 3.71. The van der Waals surface area contributed by atoms with E-state index < -0.39 is 0 Å². The van der Waals surface area contributed by atoms with Crippen molar-refractivity contribution in [3.63, 3.8) is 0 Å². The molecule has 2 aliphatic carbocycles. The van der Waals surface area contributed by atoms with Crippen LogP contribution < -0.4 is 0 Å². The summed E-state index contributed by atoms with van der Waals surface area (Å²) in [6.45, 7) is 2.28. The Bertz CT molecular complexity index is 707. The fraction of sp³-hybridized carbons (Fsp3) is 0.385. The molecular weight excluding hydrogens is 312 g/mol. The van der Waals surface area contributed by atoms with Crippen LogP contribution in [0.4, 0.5) is 0 Å². The van der Waals surface area contributed by atoms with Crippen molar-refractivity contribution < 1.29 is 0 Å². The maximum absolute atomic E-state index is 2.32. The largest absolute Gasteiger partial charge is 0.0654 e. The first-order chi connectivity index (χ1) is 12.9. The minimum absolute atomic E-state index is 1.21. The van der Waals surface area contributed by atoms with Crippen molar-refractivity contribution in [3.8, 4) is 22.3 Å². The third-order valence-corrected chi connectivity index (χ3v) is 5.34. The third kappa shape index (κ3) is 5.46. The van der Waals surface area contributed by atoms with Gasteiger partial charge in [-0.2, -0.15) is 0 Å². The van der Waals surface area contributed by atoms with E-state index in [1.807, 2.05) is 0 Å². The van der Waals surface area contributed by atoms with Crippen LogP contribution in [-0.4, -0.2) is 0 Å². The molecule has 0 N–H and O–H groups in total. The number of fused-ring (bicyclic) bond motifs is 1. The predicted octanol–water partition coefficient (Wildman–Crippen LogP) is 8.14. The molecule has 0 nitrogen and oxygen atoms in total. The van der Waals surface area contributed by atoms with Crippen LogP contribution in [-0.2, 0) is 6.42 Å². The molecule has 0 amide bonds. The molecule has 0 spiro atoms. The Morgan fingerprint density at radius 3 is 1.69 bits per heavy atom. The zero-order valence-electron chi connectivity index (χ0n) is 16.2. The summed E-state index contributed by atoms with van der Waals surface area (Å²) in [6.07, 6.45) is 12.3. The number of aryl methyl sites for hydroxylation is 1. The van der Waals surface area contributed by atoms with Crippen LogP contribution in [0.5, 0.6) is 0 Å². The lowest BCUT2D eigenvalue weighted by Crippen LogP contribution is -1.84. The molecule has 0 aliphatic heterocycles. The van der Waals surface area contributed by atoms with Crippen molar-refractivity contribution in [2.45, 2.75) is 64.7 Å². The lowest BCUT2D eigenvalue weighted by Gasteiger charge is -2.01. The maximum Gasteiger partial charge on any atom is -0.0172 e. The smallest absolute Gasteiger partial charge is 0.0172 e. The van der Waals surface area contributed by atoms with Gasteiger partial charge in [0.2, 0.25) is 0 Å². The SMILES string of the molecule is CCCCCCCCCCc1ccc2cc(-c3ccccc3)cc-2cc1. The average molecular weight is 345 g/mol. The molecular formula is C26H32. The Morgan fingerprint density at radius 2 is 1.08 bits per heavy atom. The number of rotatable bonds is 10. The van der Waals surface area contributed by atoms with Crippen molar-refractivity contribution in [1.82, 2.24) is 0 Å². The quantitative estimate of drug-likeness (QED) is 0.325. The van der Waals surface area contributed by atoms with Crippen LogP contribution in [0.1, 0.15) is 63.9 Å². The van der Waals surface area contributed by atoms with E-state index in [4.69, 9.17) is 0 Å². The van der Waals surface area contributed by atoms with E-state index in [9.17, 15) is 0 Å². The molecule has 2 aliphatic rings. The molecule has 0 atom stereocenters. The lowest BCUT2D eigenvalue weighted by molar-refractivity contribution is 0.575. The summed E-state index contributed by atoms with van der Waals surface area (Å²) in [4.78, 5) is 0. The van der Waals surface area contributed by atoms with Gasteiger partial charge in [0.25, 0.3) is 0 Å². The van der Waals surface area contributed by atoms with E-state index >= 15 is 0 Å². The van der Waals surface area contributed by atoms with Gasteiger partial charge in [0, 0.05) is 0 Å². The van der Waals surface area contributed by atoms with Gasteiger partial charge in [0.15, 0.2) is 0 Å². The zero-order valence-corrected chi connectivity index (χ0v) is 16.2.